The van der Waals surface area contributed by atoms with E-state index >= 15 is 0 Å². The number of benzene rings is 1. The number of nitrogens with one attached hydrogen (secondary N) is 1. The van der Waals surface area contributed by atoms with Crippen LogP contribution in [0.3, 0.4) is 0 Å². The number of carboxylic acid groups (broad SMARTS) is 1. The molecule has 1 fully saturated rings. The fraction of sp³-hybridized carbons (Fsp3) is 0.562. The zero-order valence-corrected chi connectivity index (χ0v) is 11.9. The summed E-state index contributed by atoms with van der Waals surface area (Å²) in [6.45, 7) is 6.59. The first-order chi connectivity index (χ1) is 8.88. The average Bonchev–Trinajstić information content (AvgIpc) is 2.38. The minimum atomic E-state index is -0.740. The van der Waals surface area contributed by atoms with E-state index in [4.69, 9.17) is 5.11 Å². The SMILES string of the molecule is CC(C)(C)c1ccc(C2CCCC(C(=O)O)N2)cc1. The van der Waals surface area contributed by atoms with Crippen molar-refractivity contribution in [2.24, 2.45) is 0 Å². The van der Waals surface area contributed by atoms with Crippen LogP contribution in [0.5, 0.6) is 0 Å². The fourth-order valence-electron chi connectivity index (χ4n) is 2.61. The summed E-state index contributed by atoms with van der Waals surface area (Å²) < 4.78 is 0. The van der Waals surface area contributed by atoms with E-state index in [9.17, 15) is 4.79 Å². The quantitative estimate of drug-likeness (QED) is 0.859. The Kier molecular flexibility index (Phi) is 3.95. The van der Waals surface area contributed by atoms with Crippen molar-refractivity contribution >= 4 is 5.97 Å². The van der Waals surface area contributed by atoms with Gasteiger partial charge in [0, 0.05) is 6.04 Å². The molecule has 1 aromatic rings. The maximum atomic E-state index is 11.1. The van der Waals surface area contributed by atoms with Crippen molar-refractivity contribution in [1.82, 2.24) is 5.32 Å². The Hall–Kier alpha value is -1.35. The average molecular weight is 261 g/mol. The number of hydrogen-bond donors (Lipinski definition) is 2. The van der Waals surface area contributed by atoms with Gasteiger partial charge in [0.1, 0.15) is 6.04 Å². The van der Waals surface area contributed by atoms with Gasteiger partial charge >= 0.3 is 5.97 Å². The summed E-state index contributed by atoms with van der Waals surface area (Å²) in [6, 6.07) is 8.33. The third-order valence-corrected chi connectivity index (χ3v) is 3.87. The Labute approximate surface area is 115 Å². The largest absolute Gasteiger partial charge is 0.480 e. The molecule has 2 rings (SSSR count). The van der Waals surface area contributed by atoms with Gasteiger partial charge in [-0.15, -0.1) is 0 Å². The van der Waals surface area contributed by atoms with Crippen LogP contribution in [-0.2, 0) is 10.2 Å². The molecule has 0 spiro atoms. The van der Waals surface area contributed by atoms with E-state index in [0.29, 0.717) is 0 Å². The molecule has 19 heavy (non-hydrogen) atoms. The molecule has 1 heterocycles. The third kappa shape index (κ3) is 3.35. The first-order valence-corrected chi connectivity index (χ1v) is 6.97. The van der Waals surface area contributed by atoms with E-state index in [1.165, 1.54) is 11.1 Å². The van der Waals surface area contributed by atoms with Gasteiger partial charge in [-0.1, -0.05) is 45.0 Å². The number of aliphatic carboxylic acids is 1. The minimum Gasteiger partial charge on any atom is -0.480 e. The summed E-state index contributed by atoms with van der Waals surface area (Å²) in [5.41, 5.74) is 2.66. The topological polar surface area (TPSA) is 49.3 Å². The summed E-state index contributed by atoms with van der Waals surface area (Å²) >= 11 is 0. The number of piperidine rings is 1. The van der Waals surface area contributed by atoms with Crippen LogP contribution in [0.25, 0.3) is 0 Å². The molecule has 104 valence electrons. The molecule has 2 unspecified atom stereocenters. The van der Waals surface area contributed by atoms with Crippen molar-refractivity contribution in [3.8, 4) is 0 Å². The second-order valence-electron chi connectivity index (χ2n) is 6.41. The van der Waals surface area contributed by atoms with Crippen LogP contribution in [0, 0.1) is 0 Å². The molecule has 0 amide bonds. The van der Waals surface area contributed by atoms with Crippen molar-refractivity contribution in [1.29, 1.82) is 0 Å². The van der Waals surface area contributed by atoms with Gasteiger partial charge in [0.05, 0.1) is 0 Å². The Morgan fingerprint density at radius 1 is 1.21 bits per heavy atom. The highest BCUT2D eigenvalue weighted by molar-refractivity contribution is 5.73. The third-order valence-electron chi connectivity index (χ3n) is 3.87. The first-order valence-electron chi connectivity index (χ1n) is 6.97. The van der Waals surface area contributed by atoms with Crippen LogP contribution in [0.1, 0.15) is 57.2 Å². The van der Waals surface area contributed by atoms with Crippen LogP contribution in [0.15, 0.2) is 24.3 Å². The van der Waals surface area contributed by atoms with Gasteiger partial charge in [0.25, 0.3) is 0 Å². The zero-order chi connectivity index (χ0) is 14.0. The highest BCUT2D eigenvalue weighted by atomic mass is 16.4. The summed E-state index contributed by atoms with van der Waals surface area (Å²) in [4.78, 5) is 11.1. The van der Waals surface area contributed by atoms with Crippen molar-refractivity contribution in [2.45, 2.75) is 57.5 Å². The molecule has 1 aliphatic rings. The summed E-state index contributed by atoms with van der Waals surface area (Å²) in [7, 11) is 0. The molecule has 1 aromatic carbocycles. The second kappa shape index (κ2) is 5.33. The molecule has 1 saturated heterocycles. The monoisotopic (exact) mass is 261 g/mol. The molecule has 1 aliphatic heterocycles. The number of rotatable bonds is 2. The summed E-state index contributed by atoms with van der Waals surface area (Å²) in [5, 5.41) is 12.3. The predicted molar refractivity (Wildman–Crippen MR) is 76.3 cm³/mol. The Morgan fingerprint density at radius 3 is 2.37 bits per heavy atom. The van der Waals surface area contributed by atoms with Gasteiger partial charge in [-0.3, -0.25) is 10.1 Å². The number of carboxylic acids is 1. The highest BCUT2D eigenvalue weighted by Crippen LogP contribution is 2.28. The lowest BCUT2D eigenvalue weighted by Gasteiger charge is -2.29. The number of carbonyl (C=O) groups is 1. The molecular formula is C16H23NO2. The fourth-order valence-corrected chi connectivity index (χ4v) is 2.61. The molecule has 0 bridgehead atoms. The minimum absolute atomic E-state index is 0.155. The molecule has 2 N–H and O–H groups in total. The second-order valence-corrected chi connectivity index (χ2v) is 6.41. The molecule has 2 atom stereocenters. The van der Waals surface area contributed by atoms with E-state index < -0.39 is 12.0 Å². The van der Waals surface area contributed by atoms with Crippen molar-refractivity contribution in [2.75, 3.05) is 0 Å². The van der Waals surface area contributed by atoms with E-state index in [1.807, 2.05) is 0 Å². The number of hydrogen-bond acceptors (Lipinski definition) is 2. The molecule has 3 heteroatoms. The summed E-state index contributed by atoms with van der Waals surface area (Å²) in [5.74, 6) is -0.740. The van der Waals surface area contributed by atoms with Gasteiger partial charge < -0.3 is 5.11 Å². The van der Waals surface area contributed by atoms with Gasteiger partial charge in [-0.05, 0) is 35.8 Å². The smallest absolute Gasteiger partial charge is 0.320 e. The lowest BCUT2D eigenvalue weighted by molar-refractivity contribution is -0.140. The van der Waals surface area contributed by atoms with Crippen LogP contribution < -0.4 is 5.32 Å². The molecule has 0 aliphatic carbocycles. The Balaban J connectivity index is 2.12. The predicted octanol–water partition coefficient (Wildman–Crippen LogP) is 3.25. The molecule has 3 nitrogen and oxygen atoms in total. The van der Waals surface area contributed by atoms with Gasteiger partial charge in [0.2, 0.25) is 0 Å². The van der Waals surface area contributed by atoms with Crippen LogP contribution in [-0.4, -0.2) is 17.1 Å². The lowest BCUT2D eigenvalue weighted by Crippen LogP contribution is -2.42. The molecule has 0 aromatic heterocycles. The van der Waals surface area contributed by atoms with E-state index in [1.54, 1.807) is 0 Å². The van der Waals surface area contributed by atoms with Crippen LogP contribution >= 0.6 is 0 Å². The summed E-state index contributed by atoms with van der Waals surface area (Å²) in [6.07, 6.45) is 2.71. The first kappa shape index (κ1) is 14.1. The Morgan fingerprint density at radius 2 is 1.84 bits per heavy atom. The van der Waals surface area contributed by atoms with Gasteiger partial charge in [-0.25, -0.2) is 0 Å². The Bertz CT molecular complexity index is 445. The lowest BCUT2D eigenvalue weighted by atomic mass is 9.85. The molecule has 0 radical (unpaired) electrons. The standard InChI is InChI=1S/C16H23NO2/c1-16(2,3)12-9-7-11(8-10-12)13-5-4-6-14(17-13)15(18)19/h7-10,13-14,17H,4-6H2,1-3H3,(H,18,19). The van der Waals surface area contributed by atoms with E-state index in [2.05, 4.69) is 50.4 Å². The zero-order valence-electron chi connectivity index (χ0n) is 11.9. The van der Waals surface area contributed by atoms with Crippen molar-refractivity contribution < 1.29 is 9.90 Å². The van der Waals surface area contributed by atoms with Gasteiger partial charge in [-0.2, -0.15) is 0 Å². The normalized spacial score (nSPS) is 24.2. The maximum absolute atomic E-state index is 11.1. The van der Waals surface area contributed by atoms with E-state index in [0.717, 1.165) is 19.3 Å². The molecular weight excluding hydrogens is 238 g/mol. The van der Waals surface area contributed by atoms with Crippen LogP contribution in [0.2, 0.25) is 0 Å². The van der Waals surface area contributed by atoms with Gasteiger partial charge in [0.15, 0.2) is 0 Å². The highest BCUT2D eigenvalue weighted by Gasteiger charge is 2.26. The van der Waals surface area contributed by atoms with Crippen LogP contribution in [0.4, 0.5) is 0 Å². The van der Waals surface area contributed by atoms with Crippen molar-refractivity contribution in [3.63, 3.8) is 0 Å². The maximum Gasteiger partial charge on any atom is 0.320 e. The molecule has 0 saturated carbocycles. The van der Waals surface area contributed by atoms with E-state index in [-0.39, 0.29) is 11.5 Å². The van der Waals surface area contributed by atoms with Crippen molar-refractivity contribution in [3.05, 3.63) is 35.4 Å².